The summed E-state index contributed by atoms with van der Waals surface area (Å²) >= 11 is 0. The number of carbonyl (C=O) groups is 2. The van der Waals surface area contributed by atoms with Crippen LogP contribution < -0.4 is 10.1 Å². The molecule has 1 aromatic heterocycles. The lowest BCUT2D eigenvalue weighted by Crippen LogP contribution is -2.51. The summed E-state index contributed by atoms with van der Waals surface area (Å²) in [6.07, 6.45) is 3.52. The van der Waals surface area contributed by atoms with Crippen LogP contribution in [-0.4, -0.2) is 73.4 Å². The van der Waals surface area contributed by atoms with Crippen LogP contribution in [0.5, 0.6) is 5.75 Å². The van der Waals surface area contributed by atoms with E-state index in [2.05, 4.69) is 10.3 Å². The third-order valence-electron chi connectivity index (χ3n) is 7.52. The van der Waals surface area contributed by atoms with Crippen molar-refractivity contribution < 1.29 is 31.9 Å². The van der Waals surface area contributed by atoms with Crippen LogP contribution in [0, 0.1) is 5.82 Å². The number of ether oxygens (including phenoxy) is 2. The van der Waals surface area contributed by atoms with E-state index in [1.807, 2.05) is 36.4 Å². The number of hydrogen-bond donors (Lipinski definition) is 1. The van der Waals surface area contributed by atoms with E-state index in [9.17, 15) is 22.4 Å². The molecule has 2 heterocycles. The second-order valence-corrected chi connectivity index (χ2v) is 12.6. The van der Waals surface area contributed by atoms with Gasteiger partial charge in [-0.2, -0.15) is 4.31 Å². The van der Waals surface area contributed by atoms with Gasteiger partial charge in [0.2, 0.25) is 15.9 Å². The third-order valence-corrected chi connectivity index (χ3v) is 9.43. The van der Waals surface area contributed by atoms with Gasteiger partial charge in [0.1, 0.15) is 17.6 Å². The van der Waals surface area contributed by atoms with Crippen LogP contribution >= 0.6 is 0 Å². The normalized spacial score (nSPS) is 14.3. The smallest absolute Gasteiger partial charge is 0.261 e. The molecule has 1 saturated heterocycles. The van der Waals surface area contributed by atoms with Gasteiger partial charge in [0.15, 0.2) is 6.61 Å². The standard InChI is InChI=1S/C34H35FN4O6S/c35-29-10-8-27(9-11-29)24-39(32(21-26-5-2-1-3-6-26)34(41)37-23-28-7-4-16-36-22-28)33(40)25-45-30-12-14-31(15-13-30)46(42,43)38-17-19-44-20-18-38/h1-16,22,32H,17-21,23-25H2,(H,37,41). The summed E-state index contributed by atoms with van der Waals surface area (Å²) in [6, 6.07) is 23.6. The Morgan fingerprint density at radius 2 is 1.61 bits per heavy atom. The van der Waals surface area contributed by atoms with Crippen LogP contribution in [0.1, 0.15) is 16.7 Å². The van der Waals surface area contributed by atoms with Gasteiger partial charge in [0.05, 0.1) is 18.1 Å². The number of aromatic nitrogens is 1. The largest absolute Gasteiger partial charge is 0.484 e. The fourth-order valence-corrected chi connectivity index (χ4v) is 6.43. The molecule has 46 heavy (non-hydrogen) atoms. The lowest BCUT2D eigenvalue weighted by atomic mass is 10.0. The molecule has 1 aliphatic heterocycles. The Morgan fingerprint density at radius 1 is 0.913 bits per heavy atom. The van der Waals surface area contributed by atoms with E-state index in [0.717, 1.165) is 11.1 Å². The molecule has 1 unspecified atom stereocenters. The first kappa shape index (κ1) is 32.7. The summed E-state index contributed by atoms with van der Waals surface area (Å²) < 4.78 is 52.1. The molecule has 5 rings (SSSR count). The highest BCUT2D eigenvalue weighted by molar-refractivity contribution is 7.89. The van der Waals surface area contributed by atoms with E-state index in [-0.39, 0.29) is 49.2 Å². The fourth-order valence-electron chi connectivity index (χ4n) is 5.02. The molecule has 1 N–H and O–H groups in total. The zero-order valence-electron chi connectivity index (χ0n) is 25.1. The van der Waals surface area contributed by atoms with E-state index in [4.69, 9.17) is 9.47 Å². The van der Waals surface area contributed by atoms with Crippen molar-refractivity contribution in [3.8, 4) is 5.75 Å². The molecule has 0 spiro atoms. The zero-order chi connectivity index (χ0) is 32.4. The molecule has 10 nitrogen and oxygen atoms in total. The molecule has 1 atom stereocenters. The Labute approximate surface area is 267 Å². The lowest BCUT2D eigenvalue weighted by Gasteiger charge is -2.31. The maximum Gasteiger partial charge on any atom is 0.261 e. The minimum Gasteiger partial charge on any atom is -0.484 e. The summed E-state index contributed by atoms with van der Waals surface area (Å²) in [6.45, 7) is 1.05. The summed E-state index contributed by atoms with van der Waals surface area (Å²) in [7, 11) is -3.69. The monoisotopic (exact) mass is 646 g/mol. The van der Waals surface area contributed by atoms with Crippen molar-refractivity contribution in [2.24, 2.45) is 0 Å². The predicted molar refractivity (Wildman–Crippen MR) is 168 cm³/mol. The first-order valence-corrected chi connectivity index (χ1v) is 16.3. The van der Waals surface area contributed by atoms with Crippen LogP contribution in [0.25, 0.3) is 0 Å². The van der Waals surface area contributed by atoms with Crippen LogP contribution in [0.2, 0.25) is 0 Å². The van der Waals surface area contributed by atoms with Crippen molar-refractivity contribution in [1.82, 2.24) is 19.5 Å². The van der Waals surface area contributed by atoms with Crippen molar-refractivity contribution in [2.45, 2.75) is 30.4 Å². The molecule has 4 aromatic rings. The summed E-state index contributed by atoms with van der Waals surface area (Å²) in [5, 5.41) is 2.93. The number of nitrogens with one attached hydrogen (secondary N) is 1. The van der Waals surface area contributed by atoms with Gasteiger partial charge in [-0.3, -0.25) is 14.6 Å². The van der Waals surface area contributed by atoms with Gasteiger partial charge in [-0.25, -0.2) is 12.8 Å². The van der Waals surface area contributed by atoms with Gasteiger partial charge >= 0.3 is 0 Å². The van der Waals surface area contributed by atoms with Crippen molar-refractivity contribution in [2.75, 3.05) is 32.9 Å². The third kappa shape index (κ3) is 8.75. The Hall–Kier alpha value is -4.65. The highest BCUT2D eigenvalue weighted by atomic mass is 32.2. The number of benzene rings is 3. The Morgan fingerprint density at radius 3 is 2.28 bits per heavy atom. The Bertz CT molecular complexity index is 1690. The molecule has 12 heteroatoms. The van der Waals surface area contributed by atoms with Gasteiger partial charge < -0.3 is 19.7 Å². The second-order valence-electron chi connectivity index (χ2n) is 10.7. The maximum atomic E-state index is 13.9. The SMILES string of the molecule is O=C(NCc1cccnc1)C(Cc1ccccc1)N(Cc1ccc(F)cc1)C(=O)COc1ccc(S(=O)(=O)N2CCOCC2)cc1. The molecule has 1 fully saturated rings. The lowest BCUT2D eigenvalue weighted by molar-refractivity contribution is -0.142. The summed E-state index contributed by atoms with van der Waals surface area (Å²) in [5.74, 6) is -0.983. The molecule has 1 aliphatic rings. The van der Waals surface area contributed by atoms with Gasteiger partial charge in [-0.05, 0) is 59.2 Å². The minimum atomic E-state index is -3.69. The quantitative estimate of drug-likeness (QED) is 0.236. The number of hydrogen-bond acceptors (Lipinski definition) is 7. The Balaban J connectivity index is 1.35. The molecule has 3 aromatic carbocycles. The summed E-state index contributed by atoms with van der Waals surface area (Å²) in [4.78, 5) is 33.2. The van der Waals surface area contributed by atoms with Gasteiger partial charge in [-0.1, -0.05) is 48.5 Å². The minimum absolute atomic E-state index is 0.0248. The molecule has 0 radical (unpaired) electrons. The van der Waals surface area contributed by atoms with Crippen LogP contribution in [0.15, 0.2) is 108 Å². The Kier molecular flexibility index (Phi) is 11.1. The highest BCUT2D eigenvalue weighted by Gasteiger charge is 2.31. The summed E-state index contributed by atoms with van der Waals surface area (Å²) in [5.41, 5.74) is 2.28. The predicted octanol–water partition coefficient (Wildman–Crippen LogP) is 3.58. The topological polar surface area (TPSA) is 118 Å². The fraction of sp³-hybridized carbons (Fsp3) is 0.265. The second kappa shape index (κ2) is 15.6. The zero-order valence-corrected chi connectivity index (χ0v) is 25.9. The van der Waals surface area contributed by atoms with E-state index in [1.54, 1.807) is 30.6 Å². The van der Waals surface area contributed by atoms with E-state index in [0.29, 0.717) is 18.8 Å². The molecular weight excluding hydrogens is 611 g/mol. The van der Waals surface area contributed by atoms with E-state index >= 15 is 0 Å². The van der Waals surface area contributed by atoms with Gasteiger partial charge in [0, 0.05) is 45.0 Å². The van der Waals surface area contributed by atoms with E-state index < -0.39 is 34.4 Å². The average molecular weight is 647 g/mol. The first-order valence-electron chi connectivity index (χ1n) is 14.8. The van der Waals surface area contributed by atoms with Crippen molar-refractivity contribution in [1.29, 1.82) is 0 Å². The first-order chi connectivity index (χ1) is 22.3. The van der Waals surface area contributed by atoms with Gasteiger partial charge in [-0.15, -0.1) is 0 Å². The van der Waals surface area contributed by atoms with Crippen molar-refractivity contribution in [3.05, 3.63) is 126 Å². The van der Waals surface area contributed by atoms with Crippen LogP contribution in [-0.2, 0) is 43.9 Å². The number of amides is 2. The number of halogens is 1. The number of nitrogens with zero attached hydrogens (tertiary/aromatic N) is 3. The molecule has 0 bridgehead atoms. The molecule has 240 valence electrons. The average Bonchev–Trinajstić information content (AvgIpc) is 3.10. The van der Waals surface area contributed by atoms with Gasteiger partial charge in [0.25, 0.3) is 5.91 Å². The number of sulfonamides is 1. The van der Waals surface area contributed by atoms with Crippen LogP contribution in [0.3, 0.4) is 0 Å². The molecule has 0 saturated carbocycles. The molecular formula is C34H35FN4O6S. The molecule has 2 amide bonds. The maximum absolute atomic E-state index is 13.9. The number of rotatable bonds is 13. The van der Waals surface area contributed by atoms with Crippen molar-refractivity contribution >= 4 is 21.8 Å². The van der Waals surface area contributed by atoms with Crippen LogP contribution in [0.4, 0.5) is 4.39 Å². The molecule has 0 aliphatic carbocycles. The number of carbonyl (C=O) groups excluding carboxylic acids is 2. The highest BCUT2D eigenvalue weighted by Crippen LogP contribution is 2.21. The van der Waals surface area contributed by atoms with E-state index in [1.165, 1.54) is 45.6 Å². The van der Waals surface area contributed by atoms with Crippen molar-refractivity contribution in [3.63, 3.8) is 0 Å². The number of morpholine rings is 1. The number of pyridine rings is 1.